The Labute approximate surface area is 237 Å². The van der Waals surface area contributed by atoms with Crippen molar-refractivity contribution in [3.05, 3.63) is 70.0 Å². The van der Waals surface area contributed by atoms with Crippen LogP contribution in [0.25, 0.3) is 22.3 Å². The van der Waals surface area contributed by atoms with Gasteiger partial charge in [0.1, 0.15) is 41.7 Å². The first-order valence-electron chi connectivity index (χ1n) is 12.2. The quantitative estimate of drug-likeness (QED) is 0.192. The molecule has 0 saturated heterocycles. The number of rotatable bonds is 11. The molecule has 12 nitrogen and oxygen atoms in total. The van der Waals surface area contributed by atoms with Gasteiger partial charge in [-0.05, 0) is 55.3 Å². The number of ether oxygens (including phenoxy) is 3. The second-order valence-corrected chi connectivity index (χ2v) is 12.8. The maximum atomic E-state index is 12.9. The van der Waals surface area contributed by atoms with Gasteiger partial charge in [0.15, 0.2) is 9.84 Å². The number of aryl methyl sites for hydroxylation is 2. The van der Waals surface area contributed by atoms with Crippen molar-refractivity contribution in [1.82, 2.24) is 14.9 Å². The number of sulfone groups is 1. The van der Waals surface area contributed by atoms with E-state index in [1.807, 2.05) is 30.9 Å². The van der Waals surface area contributed by atoms with Crippen LogP contribution in [0.4, 0.5) is 0 Å². The normalized spacial score (nSPS) is 11.9. The molecule has 41 heavy (non-hydrogen) atoms. The Morgan fingerprint density at radius 1 is 0.902 bits per heavy atom. The van der Waals surface area contributed by atoms with Crippen LogP contribution in [0.3, 0.4) is 0 Å². The van der Waals surface area contributed by atoms with Crippen molar-refractivity contribution in [1.29, 1.82) is 0 Å². The Morgan fingerprint density at radius 3 is 2.22 bits per heavy atom. The van der Waals surface area contributed by atoms with Crippen molar-refractivity contribution in [3.63, 3.8) is 0 Å². The van der Waals surface area contributed by atoms with Crippen molar-refractivity contribution < 1.29 is 35.9 Å². The summed E-state index contributed by atoms with van der Waals surface area (Å²) in [5.41, 5.74) is 2.22. The molecule has 218 valence electrons. The average Bonchev–Trinajstić information content (AvgIpc) is 2.92. The zero-order chi connectivity index (χ0) is 29.9. The Hall–Kier alpha value is -3.98. The topological polar surface area (TPSA) is 163 Å². The van der Waals surface area contributed by atoms with E-state index < -0.39 is 19.9 Å². The van der Waals surface area contributed by atoms with Crippen LogP contribution in [0.5, 0.6) is 17.2 Å². The van der Waals surface area contributed by atoms with Crippen molar-refractivity contribution in [2.45, 2.75) is 23.6 Å². The third-order valence-electron chi connectivity index (χ3n) is 6.08. The monoisotopic (exact) mass is 603 g/mol. The molecule has 0 aliphatic heterocycles. The summed E-state index contributed by atoms with van der Waals surface area (Å²) in [7, 11) is -4.71. The van der Waals surface area contributed by atoms with E-state index in [-0.39, 0.29) is 28.6 Å². The fourth-order valence-electron chi connectivity index (χ4n) is 4.17. The second kappa shape index (κ2) is 11.9. The highest BCUT2D eigenvalue weighted by molar-refractivity contribution is 7.91. The van der Waals surface area contributed by atoms with Gasteiger partial charge < -0.3 is 19.2 Å². The number of methoxy groups -OCH3 is 2. The summed E-state index contributed by atoms with van der Waals surface area (Å²) in [6.45, 7) is 3.54. The molecule has 1 aromatic heterocycles. The van der Waals surface area contributed by atoms with Crippen molar-refractivity contribution in [3.8, 4) is 28.6 Å². The van der Waals surface area contributed by atoms with Crippen LogP contribution in [-0.4, -0.2) is 60.5 Å². The molecule has 0 unspecified atom stereocenters. The maximum Gasteiger partial charge on any atom is 0.262 e. The molecule has 0 spiro atoms. The number of aromatic nitrogens is 2. The number of hydrogen-bond donors (Lipinski definition) is 2. The lowest BCUT2D eigenvalue weighted by atomic mass is 10.0. The van der Waals surface area contributed by atoms with Crippen LogP contribution in [0.15, 0.2) is 63.1 Å². The largest absolute Gasteiger partial charge is 0.497 e. The smallest absolute Gasteiger partial charge is 0.262 e. The van der Waals surface area contributed by atoms with Gasteiger partial charge in [-0.2, -0.15) is 0 Å². The molecular weight excluding hydrogens is 574 g/mol. The van der Waals surface area contributed by atoms with Gasteiger partial charge in [0.05, 0.1) is 29.5 Å². The first-order chi connectivity index (χ1) is 19.3. The second-order valence-electron chi connectivity index (χ2n) is 9.11. The molecule has 4 aromatic rings. The molecule has 4 rings (SSSR count). The summed E-state index contributed by atoms with van der Waals surface area (Å²) in [5, 5.41) is 0.309. The van der Waals surface area contributed by atoms with E-state index in [1.165, 1.54) is 32.4 Å². The number of hydrogen-bond acceptors (Lipinski definition) is 10. The molecule has 0 amide bonds. The Morgan fingerprint density at radius 2 is 1.59 bits per heavy atom. The van der Waals surface area contributed by atoms with E-state index in [0.717, 1.165) is 23.4 Å². The first kappa shape index (κ1) is 30.0. The van der Waals surface area contributed by atoms with Crippen molar-refractivity contribution in [2.75, 3.05) is 33.7 Å². The van der Waals surface area contributed by atoms with Crippen LogP contribution in [0.1, 0.15) is 11.1 Å². The predicted octanol–water partition coefficient (Wildman–Crippen LogP) is 2.92. The lowest BCUT2D eigenvalue weighted by Gasteiger charge is -2.15. The van der Waals surface area contributed by atoms with E-state index in [9.17, 15) is 21.6 Å². The van der Waals surface area contributed by atoms with Crippen LogP contribution < -0.4 is 24.7 Å². The molecular formula is C27H29N3O9S2. The number of benzene rings is 3. The zero-order valence-corrected chi connectivity index (χ0v) is 24.6. The number of sulfonamides is 1. The van der Waals surface area contributed by atoms with Gasteiger partial charge in [0.25, 0.3) is 15.6 Å². The number of fused-ring (bicyclic) bond motifs is 1. The lowest BCUT2D eigenvalue weighted by Crippen LogP contribution is -2.26. The predicted molar refractivity (Wildman–Crippen MR) is 152 cm³/mol. The molecule has 14 heteroatoms. The minimum atomic E-state index is -4.11. The van der Waals surface area contributed by atoms with E-state index >= 15 is 0 Å². The van der Waals surface area contributed by atoms with E-state index in [2.05, 4.69) is 9.97 Å². The van der Waals surface area contributed by atoms with Gasteiger partial charge in [-0.1, -0.05) is 11.0 Å². The molecule has 0 atom stereocenters. The van der Waals surface area contributed by atoms with Gasteiger partial charge in [-0.15, -0.1) is 0 Å². The van der Waals surface area contributed by atoms with Crippen LogP contribution >= 0.6 is 0 Å². The molecule has 0 fully saturated rings. The average molecular weight is 604 g/mol. The third-order valence-corrected chi connectivity index (χ3v) is 8.40. The molecule has 3 aromatic carbocycles. The van der Waals surface area contributed by atoms with Gasteiger partial charge in [0, 0.05) is 24.0 Å². The number of aromatic amines is 1. The van der Waals surface area contributed by atoms with Crippen LogP contribution in [0, 0.1) is 13.8 Å². The summed E-state index contributed by atoms with van der Waals surface area (Å²) >= 11 is 0. The highest BCUT2D eigenvalue weighted by Crippen LogP contribution is 2.31. The van der Waals surface area contributed by atoms with E-state index in [0.29, 0.717) is 39.5 Å². The Bertz CT molecular complexity index is 1860. The molecule has 0 saturated carbocycles. The Balaban J connectivity index is 1.45. The van der Waals surface area contributed by atoms with Crippen LogP contribution in [0.2, 0.25) is 0 Å². The fraction of sp³-hybridized carbons (Fsp3) is 0.259. The highest BCUT2D eigenvalue weighted by atomic mass is 32.2. The van der Waals surface area contributed by atoms with E-state index in [4.69, 9.17) is 19.0 Å². The number of nitrogens with one attached hydrogen (secondary N) is 2. The van der Waals surface area contributed by atoms with Crippen LogP contribution in [-0.2, 0) is 24.7 Å². The molecule has 0 bridgehead atoms. The molecule has 0 aliphatic carbocycles. The van der Waals surface area contributed by atoms with Gasteiger partial charge >= 0.3 is 0 Å². The first-order valence-corrected chi connectivity index (χ1v) is 15.6. The van der Waals surface area contributed by atoms with Gasteiger partial charge in [0.2, 0.25) is 0 Å². The molecule has 2 N–H and O–H groups in total. The standard InChI is InChI=1S/C27H29N3O9S2/c1-16-11-18(26-28-22-13-19(36-3)14-23(37-4)24(22)27(31)29-26)12-17(2)25(16)38-9-10-39-30-41(34,35)21-8-6-7-20(15-21)40(5,32)33/h6-8,11-15,30H,9-10H2,1-5H3,(H,28,29,31). The summed E-state index contributed by atoms with van der Waals surface area (Å²) in [5.74, 6) is 1.77. The van der Waals surface area contributed by atoms with Crippen molar-refractivity contribution >= 4 is 30.8 Å². The lowest BCUT2D eigenvalue weighted by molar-refractivity contribution is 0.0662. The van der Waals surface area contributed by atoms with Gasteiger partial charge in [-0.25, -0.2) is 21.8 Å². The minimum Gasteiger partial charge on any atom is -0.497 e. The molecule has 1 heterocycles. The molecule has 0 radical (unpaired) electrons. The zero-order valence-electron chi connectivity index (χ0n) is 23.0. The summed E-state index contributed by atoms with van der Waals surface area (Å²) in [4.78, 5) is 27.0. The minimum absolute atomic E-state index is 0.0115. The Kier molecular flexibility index (Phi) is 8.68. The van der Waals surface area contributed by atoms with Crippen molar-refractivity contribution in [2.24, 2.45) is 0 Å². The van der Waals surface area contributed by atoms with E-state index in [1.54, 1.807) is 12.1 Å². The number of nitrogens with zero attached hydrogens (tertiary/aromatic N) is 1. The SMILES string of the molecule is COc1cc(OC)c2c(=O)[nH]c(-c3cc(C)c(OCCONS(=O)(=O)c4cccc(S(C)(=O)=O)c4)c(C)c3)nc2c1. The summed E-state index contributed by atoms with van der Waals surface area (Å²) < 4.78 is 64.9. The fourth-order valence-corrected chi connectivity index (χ4v) is 5.78. The third kappa shape index (κ3) is 6.68. The van der Waals surface area contributed by atoms with Gasteiger partial charge in [-0.3, -0.25) is 9.63 Å². The summed E-state index contributed by atoms with van der Waals surface area (Å²) in [6, 6.07) is 11.8. The highest BCUT2D eigenvalue weighted by Gasteiger charge is 2.18. The maximum absolute atomic E-state index is 12.9. The summed E-state index contributed by atoms with van der Waals surface area (Å²) in [6.07, 6.45) is 0.989. The molecule has 0 aliphatic rings. The number of H-pyrrole nitrogens is 1.